The summed E-state index contributed by atoms with van der Waals surface area (Å²) in [6.45, 7) is 10.4. The summed E-state index contributed by atoms with van der Waals surface area (Å²) < 4.78 is 1.62. The largest absolute Gasteiger partial charge is 0.341 e. The van der Waals surface area contributed by atoms with Gasteiger partial charge in [0.2, 0.25) is 5.95 Å². The Morgan fingerprint density at radius 3 is 2.34 bits per heavy atom. The molecule has 152 valence electrons. The van der Waals surface area contributed by atoms with E-state index >= 15 is 0 Å². The van der Waals surface area contributed by atoms with E-state index in [1.807, 2.05) is 33.8 Å². The molecule has 1 saturated heterocycles. The molecule has 0 unspecified atom stereocenters. The second-order valence-corrected chi connectivity index (χ2v) is 8.97. The number of thiazole rings is 1. The summed E-state index contributed by atoms with van der Waals surface area (Å²) in [6, 6.07) is 5.42. The lowest BCUT2D eigenvalue weighted by Gasteiger charge is -2.32. The molecule has 4 rings (SSSR count). The molecule has 0 aromatic carbocycles. The number of piperidine rings is 1. The third-order valence-electron chi connectivity index (χ3n) is 5.30. The van der Waals surface area contributed by atoms with Gasteiger partial charge in [-0.25, -0.2) is 19.6 Å². The molecule has 0 spiro atoms. The summed E-state index contributed by atoms with van der Waals surface area (Å²) >= 11 is 1.62. The number of rotatable bonds is 4. The molecule has 29 heavy (non-hydrogen) atoms. The van der Waals surface area contributed by atoms with Crippen molar-refractivity contribution in [2.45, 2.75) is 47.1 Å². The van der Waals surface area contributed by atoms with Crippen LogP contribution in [0, 0.1) is 33.6 Å². The van der Waals surface area contributed by atoms with Crippen LogP contribution in [0.1, 0.15) is 34.9 Å². The summed E-state index contributed by atoms with van der Waals surface area (Å²) in [6.07, 6.45) is 1.99. The number of hydrogen-bond donors (Lipinski definition) is 0. The zero-order valence-electron chi connectivity index (χ0n) is 17.3. The number of anilines is 1. The van der Waals surface area contributed by atoms with Gasteiger partial charge in [0.15, 0.2) is 0 Å². The van der Waals surface area contributed by atoms with Crippen LogP contribution in [-0.4, -0.2) is 37.8 Å². The third kappa shape index (κ3) is 4.37. The number of nitrogens with zero attached hydrogens (tertiary/aromatic N) is 6. The van der Waals surface area contributed by atoms with Crippen molar-refractivity contribution in [3.63, 3.8) is 0 Å². The summed E-state index contributed by atoms with van der Waals surface area (Å²) in [4.78, 5) is 29.3. The van der Waals surface area contributed by atoms with Crippen molar-refractivity contribution in [2.24, 2.45) is 5.92 Å². The summed E-state index contributed by atoms with van der Waals surface area (Å²) in [5.41, 5.74) is 3.74. The fraction of sp³-hybridized carbons (Fsp3) is 0.476. The molecule has 0 N–H and O–H groups in total. The molecule has 0 amide bonds. The molecule has 0 radical (unpaired) electrons. The van der Waals surface area contributed by atoms with Crippen molar-refractivity contribution in [3.8, 4) is 10.6 Å². The van der Waals surface area contributed by atoms with Crippen LogP contribution in [0.2, 0.25) is 0 Å². The van der Waals surface area contributed by atoms with Crippen LogP contribution in [0.15, 0.2) is 23.0 Å². The van der Waals surface area contributed by atoms with E-state index in [2.05, 4.69) is 25.0 Å². The lowest BCUT2D eigenvalue weighted by molar-refractivity contribution is 0.334. The first kappa shape index (κ1) is 19.7. The molecule has 4 heterocycles. The van der Waals surface area contributed by atoms with E-state index in [4.69, 9.17) is 0 Å². The van der Waals surface area contributed by atoms with E-state index < -0.39 is 0 Å². The Kier molecular flexibility index (Phi) is 5.45. The van der Waals surface area contributed by atoms with Gasteiger partial charge >= 0.3 is 0 Å². The van der Waals surface area contributed by atoms with E-state index in [1.54, 1.807) is 28.2 Å². The van der Waals surface area contributed by atoms with Crippen molar-refractivity contribution in [3.05, 3.63) is 50.6 Å². The van der Waals surface area contributed by atoms with Crippen LogP contribution >= 0.6 is 11.3 Å². The van der Waals surface area contributed by atoms with Gasteiger partial charge in [-0.2, -0.15) is 5.10 Å². The zero-order chi connectivity index (χ0) is 20.5. The molecule has 3 aromatic heterocycles. The number of hydrogen-bond acceptors (Lipinski definition) is 7. The van der Waals surface area contributed by atoms with Crippen molar-refractivity contribution in [2.75, 3.05) is 18.0 Å². The molecule has 1 fully saturated rings. The Morgan fingerprint density at radius 1 is 1.03 bits per heavy atom. The SMILES string of the molecule is Cc1cc(C)nc(N2CCC(Cn3nc(-c4sc(C)nc4C)ccc3=O)CC2)n1. The third-order valence-corrected chi connectivity index (χ3v) is 6.40. The molecule has 0 aliphatic carbocycles. The van der Waals surface area contributed by atoms with E-state index in [-0.39, 0.29) is 5.56 Å². The fourth-order valence-electron chi connectivity index (χ4n) is 3.88. The van der Waals surface area contributed by atoms with Gasteiger partial charge in [0.25, 0.3) is 5.56 Å². The zero-order valence-corrected chi connectivity index (χ0v) is 18.2. The molecule has 1 aliphatic heterocycles. The predicted octanol–water partition coefficient (Wildman–Crippen LogP) is 3.31. The van der Waals surface area contributed by atoms with Crippen molar-refractivity contribution < 1.29 is 0 Å². The van der Waals surface area contributed by atoms with Gasteiger partial charge in [0.05, 0.1) is 15.6 Å². The van der Waals surface area contributed by atoms with Crippen LogP contribution in [0.5, 0.6) is 0 Å². The summed E-state index contributed by atoms with van der Waals surface area (Å²) in [5, 5.41) is 5.66. The van der Waals surface area contributed by atoms with Crippen LogP contribution in [0.3, 0.4) is 0 Å². The number of aryl methyl sites for hydroxylation is 4. The van der Waals surface area contributed by atoms with Crippen LogP contribution in [-0.2, 0) is 6.54 Å². The second kappa shape index (κ2) is 8.02. The highest BCUT2D eigenvalue weighted by Crippen LogP contribution is 2.28. The van der Waals surface area contributed by atoms with E-state index in [0.29, 0.717) is 12.5 Å². The maximum atomic E-state index is 12.4. The van der Waals surface area contributed by atoms with Crippen LogP contribution in [0.25, 0.3) is 10.6 Å². The molecule has 3 aromatic rings. The van der Waals surface area contributed by atoms with Crippen molar-refractivity contribution in [1.82, 2.24) is 24.7 Å². The highest BCUT2D eigenvalue weighted by molar-refractivity contribution is 7.15. The lowest BCUT2D eigenvalue weighted by atomic mass is 9.97. The average molecular weight is 411 g/mol. The molecule has 0 saturated carbocycles. The van der Waals surface area contributed by atoms with E-state index in [0.717, 1.165) is 64.5 Å². The Hall–Kier alpha value is -2.61. The average Bonchev–Trinajstić information content (AvgIpc) is 3.01. The minimum atomic E-state index is -0.0484. The van der Waals surface area contributed by atoms with Gasteiger partial charge in [-0.1, -0.05) is 0 Å². The standard InChI is InChI=1S/C21H26N6OS/c1-13-11-14(2)23-21(22-13)26-9-7-17(8-10-26)12-27-19(28)6-5-18(25-27)20-15(3)24-16(4)29-20/h5-6,11,17H,7-10,12H2,1-4H3. The van der Waals surface area contributed by atoms with E-state index in [1.165, 1.54) is 0 Å². The maximum Gasteiger partial charge on any atom is 0.266 e. The predicted molar refractivity (Wildman–Crippen MR) is 116 cm³/mol. The quantitative estimate of drug-likeness (QED) is 0.657. The van der Waals surface area contributed by atoms with Gasteiger partial charge in [-0.3, -0.25) is 4.79 Å². The first-order chi connectivity index (χ1) is 13.9. The highest BCUT2D eigenvalue weighted by atomic mass is 32.1. The summed E-state index contributed by atoms with van der Waals surface area (Å²) in [5.74, 6) is 1.23. The maximum absolute atomic E-state index is 12.4. The Morgan fingerprint density at radius 2 is 1.72 bits per heavy atom. The first-order valence-corrected chi connectivity index (χ1v) is 10.8. The van der Waals surface area contributed by atoms with Gasteiger partial charge in [-0.05, 0) is 58.6 Å². The first-order valence-electron chi connectivity index (χ1n) is 9.99. The van der Waals surface area contributed by atoms with Crippen LogP contribution < -0.4 is 10.5 Å². The monoisotopic (exact) mass is 410 g/mol. The van der Waals surface area contributed by atoms with Gasteiger partial charge in [0.1, 0.15) is 5.69 Å². The van der Waals surface area contributed by atoms with Gasteiger partial charge in [0, 0.05) is 37.1 Å². The molecule has 0 bridgehead atoms. The Labute approximate surface area is 174 Å². The minimum absolute atomic E-state index is 0.0484. The lowest BCUT2D eigenvalue weighted by Crippen LogP contribution is -2.37. The fourth-order valence-corrected chi connectivity index (χ4v) is 4.76. The second-order valence-electron chi connectivity index (χ2n) is 7.77. The van der Waals surface area contributed by atoms with Gasteiger partial charge in [-0.15, -0.1) is 11.3 Å². The normalized spacial score (nSPS) is 15.1. The topological polar surface area (TPSA) is 76.8 Å². The summed E-state index contributed by atoms with van der Waals surface area (Å²) in [7, 11) is 0. The van der Waals surface area contributed by atoms with Crippen molar-refractivity contribution in [1.29, 1.82) is 0 Å². The van der Waals surface area contributed by atoms with Crippen molar-refractivity contribution >= 4 is 17.3 Å². The highest BCUT2D eigenvalue weighted by Gasteiger charge is 2.22. The Bertz CT molecular complexity index is 1060. The van der Waals surface area contributed by atoms with E-state index in [9.17, 15) is 4.79 Å². The molecule has 0 atom stereocenters. The molecule has 1 aliphatic rings. The minimum Gasteiger partial charge on any atom is -0.341 e. The van der Waals surface area contributed by atoms with Gasteiger partial charge < -0.3 is 4.90 Å². The molecular weight excluding hydrogens is 384 g/mol. The Balaban J connectivity index is 1.46. The van der Waals surface area contributed by atoms with Crippen LogP contribution in [0.4, 0.5) is 5.95 Å². The molecule has 8 heteroatoms. The molecule has 7 nitrogen and oxygen atoms in total. The smallest absolute Gasteiger partial charge is 0.266 e. The number of aromatic nitrogens is 5. The molecular formula is C21H26N6OS.